The third kappa shape index (κ3) is 4.55. The number of carbonyl (C=O) groups is 1. The predicted molar refractivity (Wildman–Crippen MR) is 104 cm³/mol. The van der Waals surface area contributed by atoms with Crippen molar-refractivity contribution in [3.8, 4) is 23.0 Å². The van der Waals surface area contributed by atoms with E-state index >= 15 is 0 Å². The summed E-state index contributed by atoms with van der Waals surface area (Å²) in [6, 6.07) is 12.7. The highest BCUT2D eigenvalue weighted by molar-refractivity contribution is 5.92. The highest BCUT2D eigenvalue weighted by atomic mass is 16.7. The molecule has 0 saturated carbocycles. The summed E-state index contributed by atoms with van der Waals surface area (Å²) >= 11 is 0. The number of anilines is 1. The maximum atomic E-state index is 12.3. The Hall–Kier alpha value is -2.77. The fourth-order valence-corrected chi connectivity index (χ4v) is 3.50. The van der Waals surface area contributed by atoms with Crippen LogP contribution in [0.3, 0.4) is 0 Å². The molecule has 0 aromatic heterocycles. The number of rotatable bonds is 5. The van der Waals surface area contributed by atoms with E-state index in [9.17, 15) is 4.79 Å². The average molecular weight is 384 g/mol. The molecule has 2 heterocycles. The van der Waals surface area contributed by atoms with E-state index in [1.165, 1.54) is 0 Å². The molecule has 2 aliphatic heterocycles. The molecule has 7 heteroatoms. The first kappa shape index (κ1) is 18.6. The molecule has 1 saturated heterocycles. The Morgan fingerprint density at radius 1 is 1.04 bits per heavy atom. The van der Waals surface area contributed by atoms with E-state index in [1.807, 2.05) is 50.2 Å². The lowest BCUT2D eigenvalue weighted by Gasteiger charge is -2.34. The number of nitrogens with zero attached hydrogens (tertiary/aromatic N) is 1. The molecule has 2 atom stereocenters. The van der Waals surface area contributed by atoms with Crippen molar-refractivity contribution in [2.24, 2.45) is 0 Å². The molecule has 28 heavy (non-hydrogen) atoms. The SMILES string of the molecule is C[C@H]1CN(CC(=O)Nc2ccc(Oc3ccc4c(c3)OCO4)cc2)C[C@H](C)O1. The third-order valence-corrected chi connectivity index (χ3v) is 4.58. The first-order valence-corrected chi connectivity index (χ1v) is 9.40. The summed E-state index contributed by atoms with van der Waals surface area (Å²) in [6.07, 6.45) is 0.285. The van der Waals surface area contributed by atoms with Gasteiger partial charge in [0.05, 0.1) is 18.8 Å². The first-order chi connectivity index (χ1) is 13.5. The lowest BCUT2D eigenvalue weighted by Crippen LogP contribution is -2.48. The summed E-state index contributed by atoms with van der Waals surface area (Å²) in [6.45, 7) is 6.17. The van der Waals surface area contributed by atoms with Gasteiger partial charge in [0.25, 0.3) is 0 Å². The molecule has 0 unspecified atom stereocenters. The van der Waals surface area contributed by atoms with Crippen LogP contribution in [0.1, 0.15) is 13.8 Å². The van der Waals surface area contributed by atoms with Gasteiger partial charge in [0.1, 0.15) is 11.5 Å². The number of ether oxygens (including phenoxy) is 4. The maximum Gasteiger partial charge on any atom is 0.238 e. The molecule has 148 valence electrons. The van der Waals surface area contributed by atoms with Crippen LogP contribution in [-0.2, 0) is 9.53 Å². The standard InChI is InChI=1S/C21H24N2O5/c1-14-10-23(11-15(2)27-14)12-21(24)22-16-3-5-17(6-4-16)28-18-7-8-19-20(9-18)26-13-25-19/h3-9,14-15H,10-13H2,1-2H3,(H,22,24)/t14-,15-/m0/s1. The van der Waals surface area contributed by atoms with Crippen LogP contribution in [-0.4, -0.2) is 49.4 Å². The van der Waals surface area contributed by atoms with Gasteiger partial charge in [-0.05, 0) is 50.2 Å². The van der Waals surface area contributed by atoms with Crippen molar-refractivity contribution < 1.29 is 23.7 Å². The number of nitrogens with one attached hydrogen (secondary N) is 1. The molecule has 0 radical (unpaired) electrons. The summed E-state index contributed by atoms with van der Waals surface area (Å²) in [5.74, 6) is 2.69. The minimum atomic E-state index is -0.0364. The predicted octanol–water partition coefficient (Wildman–Crippen LogP) is 3.26. The lowest BCUT2D eigenvalue weighted by atomic mass is 10.2. The van der Waals surface area contributed by atoms with E-state index in [4.69, 9.17) is 18.9 Å². The number of amides is 1. The second-order valence-electron chi connectivity index (χ2n) is 7.14. The van der Waals surface area contributed by atoms with E-state index in [2.05, 4.69) is 10.2 Å². The van der Waals surface area contributed by atoms with Crippen molar-refractivity contribution in [3.05, 3.63) is 42.5 Å². The number of benzene rings is 2. The van der Waals surface area contributed by atoms with E-state index in [0.29, 0.717) is 23.8 Å². The van der Waals surface area contributed by atoms with E-state index in [1.54, 1.807) is 6.07 Å². The van der Waals surface area contributed by atoms with Gasteiger partial charge in [-0.15, -0.1) is 0 Å². The van der Waals surface area contributed by atoms with Gasteiger partial charge in [0.15, 0.2) is 11.5 Å². The maximum absolute atomic E-state index is 12.3. The third-order valence-electron chi connectivity index (χ3n) is 4.58. The molecule has 2 aliphatic rings. The van der Waals surface area contributed by atoms with Crippen molar-refractivity contribution >= 4 is 11.6 Å². The second-order valence-corrected chi connectivity index (χ2v) is 7.14. The molecule has 0 aliphatic carbocycles. The van der Waals surface area contributed by atoms with Crippen molar-refractivity contribution in [3.63, 3.8) is 0 Å². The van der Waals surface area contributed by atoms with E-state index in [-0.39, 0.29) is 24.9 Å². The summed E-state index contributed by atoms with van der Waals surface area (Å²) in [4.78, 5) is 14.4. The lowest BCUT2D eigenvalue weighted by molar-refractivity contribution is -0.121. The minimum Gasteiger partial charge on any atom is -0.457 e. The molecule has 2 aromatic carbocycles. The van der Waals surface area contributed by atoms with E-state index in [0.717, 1.165) is 24.5 Å². The zero-order valence-corrected chi connectivity index (χ0v) is 16.0. The van der Waals surface area contributed by atoms with Crippen LogP contribution in [0.25, 0.3) is 0 Å². The molecule has 4 rings (SSSR count). The molecule has 0 bridgehead atoms. The van der Waals surface area contributed by atoms with Crippen LogP contribution in [0.15, 0.2) is 42.5 Å². The number of hydrogen-bond acceptors (Lipinski definition) is 6. The van der Waals surface area contributed by atoms with Gasteiger partial charge in [0.2, 0.25) is 12.7 Å². The van der Waals surface area contributed by atoms with Crippen LogP contribution >= 0.6 is 0 Å². The van der Waals surface area contributed by atoms with Gasteiger partial charge in [0, 0.05) is 24.8 Å². The second kappa shape index (κ2) is 8.08. The fraction of sp³-hybridized carbons (Fsp3) is 0.381. The zero-order valence-electron chi connectivity index (χ0n) is 16.0. The van der Waals surface area contributed by atoms with Gasteiger partial charge >= 0.3 is 0 Å². The van der Waals surface area contributed by atoms with Crippen LogP contribution in [0.4, 0.5) is 5.69 Å². The molecule has 7 nitrogen and oxygen atoms in total. The molecule has 2 aromatic rings. The average Bonchev–Trinajstić information content (AvgIpc) is 3.10. The summed E-state index contributed by atoms with van der Waals surface area (Å²) < 4.78 is 22.2. The Morgan fingerprint density at radius 3 is 2.46 bits per heavy atom. The van der Waals surface area contributed by atoms with Gasteiger partial charge in [-0.25, -0.2) is 0 Å². The van der Waals surface area contributed by atoms with Crippen LogP contribution in [0.2, 0.25) is 0 Å². The smallest absolute Gasteiger partial charge is 0.238 e. The Morgan fingerprint density at radius 2 is 1.71 bits per heavy atom. The van der Waals surface area contributed by atoms with Crippen molar-refractivity contribution in [2.75, 3.05) is 31.7 Å². The van der Waals surface area contributed by atoms with Crippen LogP contribution < -0.4 is 19.5 Å². The van der Waals surface area contributed by atoms with Gasteiger partial charge in [-0.2, -0.15) is 0 Å². The monoisotopic (exact) mass is 384 g/mol. The summed E-state index contributed by atoms with van der Waals surface area (Å²) in [5.41, 5.74) is 0.734. The largest absolute Gasteiger partial charge is 0.457 e. The first-order valence-electron chi connectivity index (χ1n) is 9.40. The Kier molecular flexibility index (Phi) is 5.36. The van der Waals surface area contributed by atoms with Crippen molar-refractivity contribution in [1.29, 1.82) is 0 Å². The molecular formula is C21H24N2O5. The number of carbonyl (C=O) groups excluding carboxylic acids is 1. The van der Waals surface area contributed by atoms with Gasteiger partial charge < -0.3 is 24.3 Å². The molecule has 0 spiro atoms. The quantitative estimate of drug-likeness (QED) is 0.853. The van der Waals surface area contributed by atoms with Crippen molar-refractivity contribution in [1.82, 2.24) is 4.90 Å². The Bertz CT molecular complexity index is 829. The highest BCUT2D eigenvalue weighted by Gasteiger charge is 2.23. The number of hydrogen-bond donors (Lipinski definition) is 1. The Labute approximate surface area is 164 Å². The fourth-order valence-electron chi connectivity index (χ4n) is 3.50. The summed E-state index contributed by atoms with van der Waals surface area (Å²) in [7, 11) is 0. The summed E-state index contributed by atoms with van der Waals surface area (Å²) in [5, 5.41) is 2.93. The zero-order chi connectivity index (χ0) is 19.5. The Balaban J connectivity index is 1.31. The molecule has 1 N–H and O–H groups in total. The van der Waals surface area contributed by atoms with Gasteiger partial charge in [-0.3, -0.25) is 9.69 Å². The number of morpholine rings is 1. The highest BCUT2D eigenvalue weighted by Crippen LogP contribution is 2.36. The van der Waals surface area contributed by atoms with Gasteiger partial charge in [-0.1, -0.05) is 0 Å². The normalized spacial score (nSPS) is 21.4. The topological polar surface area (TPSA) is 69.3 Å². The molecule has 1 fully saturated rings. The molecular weight excluding hydrogens is 360 g/mol. The van der Waals surface area contributed by atoms with Crippen molar-refractivity contribution in [2.45, 2.75) is 26.1 Å². The number of fused-ring (bicyclic) bond motifs is 1. The molecule has 1 amide bonds. The van der Waals surface area contributed by atoms with E-state index < -0.39 is 0 Å². The van der Waals surface area contributed by atoms with Crippen LogP contribution in [0, 0.1) is 0 Å². The van der Waals surface area contributed by atoms with Crippen LogP contribution in [0.5, 0.6) is 23.0 Å². The minimum absolute atomic E-state index is 0.0364.